The maximum atomic E-state index is 5.21. The molecule has 3 nitrogen and oxygen atoms in total. The lowest BCUT2D eigenvalue weighted by Gasteiger charge is -2.18. The van der Waals surface area contributed by atoms with Crippen LogP contribution in [-0.4, -0.2) is 15.0 Å². The Labute approximate surface area is 239 Å². The van der Waals surface area contributed by atoms with E-state index in [2.05, 4.69) is 134 Å². The van der Waals surface area contributed by atoms with E-state index in [-0.39, 0.29) is 5.92 Å². The zero-order valence-electron chi connectivity index (χ0n) is 22.4. The topological polar surface area (TPSA) is 38.7 Å². The fraction of sp³-hybridized carbons (Fsp3) is 0.132. The van der Waals surface area contributed by atoms with E-state index in [0.29, 0.717) is 23.0 Å². The van der Waals surface area contributed by atoms with Crippen LogP contribution in [0.2, 0.25) is 0 Å². The van der Waals surface area contributed by atoms with Crippen molar-refractivity contribution in [1.82, 2.24) is 15.0 Å². The van der Waals surface area contributed by atoms with E-state index in [1.807, 2.05) is 6.07 Å². The summed E-state index contributed by atoms with van der Waals surface area (Å²) in [6.07, 6.45) is 12.1. The van der Waals surface area contributed by atoms with Crippen LogP contribution in [0.3, 0.4) is 0 Å². The maximum Gasteiger partial charge on any atom is 0.164 e. The third-order valence-corrected chi connectivity index (χ3v) is 9.50. The molecule has 0 N–H and O–H groups in total. The Morgan fingerprint density at radius 3 is 1.98 bits per heavy atom. The van der Waals surface area contributed by atoms with Crippen molar-refractivity contribution in [2.75, 3.05) is 0 Å². The number of rotatable bonds is 5. The van der Waals surface area contributed by atoms with Gasteiger partial charge in [0.05, 0.1) is 0 Å². The minimum Gasteiger partial charge on any atom is -0.208 e. The molecule has 0 radical (unpaired) electrons. The molecule has 0 saturated heterocycles. The van der Waals surface area contributed by atoms with Gasteiger partial charge < -0.3 is 0 Å². The van der Waals surface area contributed by atoms with Gasteiger partial charge in [0, 0.05) is 28.0 Å². The molecule has 4 aliphatic carbocycles. The molecule has 9 rings (SSSR count). The van der Waals surface area contributed by atoms with Gasteiger partial charge in [0.1, 0.15) is 0 Å². The largest absolute Gasteiger partial charge is 0.208 e. The zero-order valence-corrected chi connectivity index (χ0v) is 22.4. The fourth-order valence-electron chi connectivity index (χ4n) is 7.24. The standard InChI is InChI=1S/C38H27N3/c1-3-10-24(11-4-1)27-14-9-15-28(22-27)35-39-36(30-17-8-7-16-29(30)25-12-5-2-6-13-25)41-37(40-35)31-23-33-34-32-19-18-26(31)20-21-38(32,33)34/h1-23,26,32-34H. The highest BCUT2D eigenvalue weighted by Gasteiger charge is 2.83. The molecular weight excluding hydrogens is 498 g/mol. The van der Waals surface area contributed by atoms with E-state index < -0.39 is 0 Å². The van der Waals surface area contributed by atoms with Gasteiger partial charge in [0.25, 0.3) is 0 Å². The van der Waals surface area contributed by atoms with Gasteiger partial charge in [-0.3, -0.25) is 0 Å². The molecule has 2 fully saturated rings. The Morgan fingerprint density at radius 1 is 0.488 bits per heavy atom. The van der Waals surface area contributed by atoms with Crippen LogP contribution in [0.4, 0.5) is 0 Å². The van der Waals surface area contributed by atoms with Crippen LogP contribution in [0.25, 0.3) is 50.6 Å². The molecule has 0 aliphatic heterocycles. The number of benzene rings is 4. The summed E-state index contributed by atoms with van der Waals surface area (Å²) in [6.45, 7) is 0. The molecular formula is C38H27N3. The van der Waals surface area contributed by atoms with Gasteiger partial charge in [0.2, 0.25) is 0 Å². The molecule has 4 aliphatic rings. The quantitative estimate of drug-likeness (QED) is 0.216. The predicted molar refractivity (Wildman–Crippen MR) is 164 cm³/mol. The monoisotopic (exact) mass is 525 g/mol. The minimum absolute atomic E-state index is 0.189. The molecule has 41 heavy (non-hydrogen) atoms. The van der Waals surface area contributed by atoms with Gasteiger partial charge in [-0.2, -0.15) is 0 Å². The normalized spacial score (nSPS) is 26.1. The van der Waals surface area contributed by atoms with Crippen LogP contribution in [-0.2, 0) is 0 Å². The number of hydrogen-bond acceptors (Lipinski definition) is 3. The molecule has 2 bridgehead atoms. The van der Waals surface area contributed by atoms with Gasteiger partial charge in [-0.25, -0.2) is 15.0 Å². The summed E-state index contributed by atoms with van der Waals surface area (Å²) < 4.78 is 0. The first-order chi connectivity index (χ1) is 20.3. The van der Waals surface area contributed by atoms with Crippen molar-refractivity contribution in [1.29, 1.82) is 0 Å². The summed E-state index contributed by atoms with van der Waals surface area (Å²) in [5, 5.41) is 0. The van der Waals surface area contributed by atoms with E-state index in [4.69, 9.17) is 15.0 Å². The molecule has 3 heteroatoms. The SMILES string of the molecule is C1=CC2C3C4C=C(c5nc(-c6cccc(-c7ccccc7)c6)nc(-c6ccccc6-c6ccccc6)n5)C1C=CC243. The Morgan fingerprint density at radius 2 is 1.15 bits per heavy atom. The van der Waals surface area contributed by atoms with Crippen LogP contribution in [0.5, 0.6) is 0 Å². The Hall–Kier alpha value is -4.89. The third kappa shape index (κ3) is 3.48. The Balaban J connectivity index is 1.23. The summed E-state index contributed by atoms with van der Waals surface area (Å²) >= 11 is 0. The number of allylic oxidation sites excluding steroid dienone is 6. The first-order valence-electron chi connectivity index (χ1n) is 14.5. The summed E-state index contributed by atoms with van der Waals surface area (Å²) in [5.41, 5.74) is 8.16. The lowest BCUT2D eigenvalue weighted by molar-refractivity contribution is 0.561. The van der Waals surface area contributed by atoms with Crippen molar-refractivity contribution in [2.45, 2.75) is 0 Å². The highest BCUT2D eigenvalue weighted by molar-refractivity contribution is 5.82. The van der Waals surface area contributed by atoms with E-state index >= 15 is 0 Å². The number of aromatic nitrogens is 3. The second-order valence-electron chi connectivity index (χ2n) is 11.6. The van der Waals surface area contributed by atoms with E-state index in [0.717, 1.165) is 45.5 Å². The smallest absolute Gasteiger partial charge is 0.164 e. The molecule has 5 aromatic rings. The number of nitrogens with zero attached hydrogens (tertiary/aromatic N) is 3. The molecule has 1 heterocycles. The Bertz CT molecular complexity index is 1920. The first-order valence-corrected chi connectivity index (χ1v) is 14.5. The van der Waals surface area contributed by atoms with Crippen molar-refractivity contribution >= 4 is 5.57 Å². The second-order valence-corrected chi connectivity index (χ2v) is 11.6. The van der Waals surface area contributed by atoms with Gasteiger partial charge in [-0.05, 0) is 46.1 Å². The maximum absolute atomic E-state index is 5.21. The van der Waals surface area contributed by atoms with Crippen molar-refractivity contribution in [3.63, 3.8) is 0 Å². The summed E-state index contributed by atoms with van der Waals surface area (Å²) in [5.74, 6) is 4.47. The predicted octanol–water partition coefficient (Wildman–Crippen LogP) is 8.54. The van der Waals surface area contributed by atoms with E-state index in [1.165, 1.54) is 11.1 Å². The van der Waals surface area contributed by atoms with Crippen LogP contribution >= 0.6 is 0 Å². The average molecular weight is 526 g/mol. The molecule has 1 spiro atoms. The Kier molecular flexibility index (Phi) is 4.77. The molecule has 5 atom stereocenters. The first kappa shape index (κ1) is 22.9. The highest BCUT2D eigenvalue weighted by atomic mass is 15.0. The van der Waals surface area contributed by atoms with Gasteiger partial charge in [-0.1, -0.05) is 134 Å². The fourth-order valence-corrected chi connectivity index (χ4v) is 7.24. The van der Waals surface area contributed by atoms with E-state index in [9.17, 15) is 0 Å². The lowest BCUT2D eigenvalue weighted by atomic mass is 9.89. The summed E-state index contributed by atoms with van der Waals surface area (Å²) in [7, 11) is 0. The lowest BCUT2D eigenvalue weighted by Crippen LogP contribution is -2.10. The highest BCUT2D eigenvalue weighted by Crippen LogP contribution is 2.87. The van der Waals surface area contributed by atoms with Crippen molar-refractivity contribution in [3.8, 4) is 45.0 Å². The van der Waals surface area contributed by atoms with Gasteiger partial charge >= 0.3 is 0 Å². The molecule has 0 amide bonds. The molecule has 4 aromatic carbocycles. The molecule has 1 aromatic heterocycles. The summed E-state index contributed by atoms with van der Waals surface area (Å²) in [4.78, 5) is 15.5. The second kappa shape index (κ2) is 8.55. The van der Waals surface area contributed by atoms with E-state index in [1.54, 1.807) is 0 Å². The van der Waals surface area contributed by atoms with Gasteiger partial charge in [0.15, 0.2) is 17.5 Å². The van der Waals surface area contributed by atoms with Crippen molar-refractivity contribution in [3.05, 3.63) is 145 Å². The van der Waals surface area contributed by atoms with Crippen LogP contribution in [0.15, 0.2) is 140 Å². The van der Waals surface area contributed by atoms with Crippen molar-refractivity contribution < 1.29 is 0 Å². The van der Waals surface area contributed by atoms with Crippen LogP contribution in [0, 0.1) is 29.1 Å². The number of fused-ring (bicyclic) bond motifs is 3. The zero-order chi connectivity index (χ0) is 27.0. The van der Waals surface area contributed by atoms with Crippen LogP contribution in [0.1, 0.15) is 5.82 Å². The minimum atomic E-state index is 0.189. The van der Waals surface area contributed by atoms with Gasteiger partial charge in [-0.15, -0.1) is 0 Å². The summed E-state index contributed by atoms with van der Waals surface area (Å²) in [6, 6.07) is 37.9. The average Bonchev–Trinajstić information content (AvgIpc) is 3.90. The van der Waals surface area contributed by atoms with Crippen molar-refractivity contribution in [2.24, 2.45) is 29.1 Å². The molecule has 194 valence electrons. The van der Waals surface area contributed by atoms with Crippen LogP contribution < -0.4 is 0 Å². The molecule has 5 unspecified atom stereocenters. The molecule has 2 saturated carbocycles. The number of hydrogen-bond donors (Lipinski definition) is 0. The third-order valence-electron chi connectivity index (χ3n) is 9.50.